The fraction of sp³-hybridized carbons (Fsp3) is 0.929. The van der Waals surface area contributed by atoms with Crippen LogP contribution in [0.3, 0.4) is 0 Å². The highest BCUT2D eigenvalue weighted by Gasteiger charge is 2.26. The summed E-state index contributed by atoms with van der Waals surface area (Å²) >= 11 is 0. The van der Waals surface area contributed by atoms with E-state index in [2.05, 4.69) is 4.90 Å². The Morgan fingerprint density at radius 2 is 1.89 bits per heavy atom. The Morgan fingerprint density at radius 1 is 1.21 bits per heavy atom. The summed E-state index contributed by atoms with van der Waals surface area (Å²) in [5.41, 5.74) is 0. The minimum absolute atomic E-state index is 0.173. The summed E-state index contributed by atoms with van der Waals surface area (Å²) in [6.45, 7) is 5.61. The average molecular weight is 270 g/mol. The van der Waals surface area contributed by atoms with E-state index in [0.717, 1.165) is 38.9 Å². The standard InChI is InChI=1S/C14H26N2O3/c1-11(17)12-4-7-15(8-5-12)9-13(18)10-16-6-2-3-14(16)19/h11-13,17-18H,2-10H2,1H3. The van der Waals surface area contributed by atoms with Crippen molar-refractivity contribution in [2.24, 2.45) is 5.92 Å². The Labute approximate surface area is 115 Å². The van der Waals surface area contributed by atoms with Crippen LogP contribution in [-0.4, -0.2) is 70.9 Å². The number of amides is 1. The third-order valence-electron chi connectivity index (χ3n) is 4.39. The monoisotopic (exact) mass is 270 g/mol. The molecule has 2 atom stereocenters. The molecule has 0 bridgehead atoms. The number of rotatable bonds is 5. The number of aliphatic hydroxyl groups excluding tert-OH is 2. The van der Waals surface area contributed by atoms with Gasteiger partial charge in [-0.15, -0.1) is 0 Å². The number of carbonyl (C=O) groups is 1. The fourth-order valence-corrected chi connectivity index (χ4v) is 3.13. The van der Waals surface area contributed by atoms with Crippen LogP contribution in [0.2, 0.25) is 0 Å². The molecule has 2 rings (SSSR count). The molecule has 5 nitrogen and oxygen atoms in total. The Morgan fingerprint density at radius 3 is 2.42 bits per heavy atom. The quantitative estimate of drug-likeness (QED) is 0.742. The molecule has 2 saturated heterocycles. The number of β-amino-alcohol motifs (C(OH)–C–C–N with tert-alkyl or cyclic N) is 1. The molecule has 2 heterocycles. The molecule has 110 valence electrons. The number of aliphatic hydroxyl groups is 2. The highest BCUT2D eigenvalue weighted by atomic mass is 16.3. The van der Waals surface area contributed by atoms with Crippen molar-refractivity contribution in [3.63, 3.8) is 0 Å². The van der Waals surface area contributed by atoms with Gasteiger partial charge in [-0.3, -0.25) is 4.79 Å². The number of carbonyl (C=O) groups excluding carboxylic acids is 1. The van der Waals surface area contributed by atoms with E-state index in [4.69, 9.17) is 0 Å². The molecule has 0 aromatic rings. The van der Waals surface area contributed by atoms with Gasteiger partial charge in [-0.2, -0.15) is 0 Å². The summed E-state index contributed by atoms with van der Waals surface area (Å²) in [6, 6.07) is 0. The zero-order valence-corrected chi connectivity index (χ0v) is 11.8. The largest absolute Gasteiger partial charge is 0.393 e. The lowest BCUT2D eigenvalue weighted by atomic mass is 9.92. The first-order valence-corrected chi connectivity index (χ1v) is 7.42. The van der Waals surface area contributed by atoms with Crippen molar-refractivity contribution in [3.8, 4) is 0 Å². The third-order valence-corrected chi connectivity index (χ3v) is 4.39. The lowest BCUT2D eigenvalue weighted by Crippen LogP contribution is -2.44. The summed E-state index contributed by atoms with van der Waals surface area (Å²) < 4.78 is 0. The van der Waals surface area contributed by atoms with Gasteiger partial charge < -0.3 is 20.0 Å². The molecule has 2 aliphatic heterocycles. The molecule has 0 aromatic carbocycles. The van der Waals surface area contributed by atoms with E-state index in [-0.39, 0.29) is 12.0 Å². The van der Waals surface area contributed by atoms with Crippen LogP contribution in [0.4, 0.5) is 0 Å². The van der Waals surface area contributed by atoms with Gasteiger partial charge in [-0.1, -0.05) is 0 Å². The van der Waals surface area contributed by atoms with Crippen molar-refractivity contribution in [2.75, 3.05) is 32.7 Å². The van der Waals surface area contributed by atoms with Gasteiger partial charge in [0.15, 0.2) is 0 Å². The van der Waals surface area contributed by atoms with Crippen molar-refractivity contribution in [2.45, 2.75) is 44.8 Å². The van der Waals surface area contributed by atoms with Crippen molar-refractivity contribution >= 4 is 5.91 Å². The molecule has 2 N–H and O–H groups in total. The average Bonchev–Trinajstić information content (AvgIpc) is 2.75. The van der Waals surface area contributed by atoms with Gasteiger partial charge in [-0.05, 0) is 45.2 Å². The predicted molar refractivity (Wildman–Crippen MR) is 72.7 cm³/mol. The smallest absolute Gasteiger partial charge is 0.222 e. The number of nitrogens with zero attached hydrogens (tertiary/aromatic N) is 2. The Balaban J connectivity index is 1.68. The summed E-state index contributed by atoms with van der Waals surface area (Å²) in [4.78, 5) is 15.5. The molecule has 2 fully saturated rings. The first kappa shape index (κ1) is 14.8. The SMILES string of the molecule is CC(O)C1CCN(CC(O)CN2CCCC2=O)CC1. The van der Waals surface area contributed by atoms with E-state index in [0.29, 0.717) is 25.4 Å². The molecule has 2 unspecified atom stereocenters. The molecule has 0 saturated carbocycles. The highest BCUT2D eigenvalue weighted by Crippen LogP contribution is 2.20. The second-order valence-corrected chi connectivity index (χ2v) is 5.98. The minimum atomic E-state index is -0.454. The van der Waals surface area contributed by atoms with E-state index < -0.39 is 6.10 Å². The lowest BCUT2D eigenvalue weighted by Gasteiger charge is -2.34. The molecule has 0 radical (unpaired) electrons. The number of likely N-dealkylation sites (tertiary alicyclic amines) is 2. The second-order valence-electron chi connectivity index (χ2n) is 5.98. The van der Waals surface area contributed by atoms with Gasteiger partial charge in [0.1, 0.15) is 0 Å². The first-order chi connectivity index (χ1) is 9.06. The normalized spacial score (nSPS) is 25.8. The number of piperidine rings is 1. The molecule has 5 heteroatoms. The van der Waals surface area contributed by atoms with Crippen LogP contribution in [0.5, 0.6) is 0 Å². The van der Waals surface area contributed by atoms with Crippen LogP contribution >= 0.6 is 0 Å². The molecule has 0 aromatic heterocycles. The summed E-state index contributed by atoms with van der Waals surface area (Å²) in [5, 5.41) is 19.6. The van der Waals surface area contributed by atoms with E-state index in [1.165, 1.54) is 0 Å². The maximum Gasteiger partial charge on any atom is 0.222 e. The van der Waals surface area contributed by atoms with Gasteiger partial charge >= 0.3 is 0 Å². The van der Waals surface area contributed by atoms with Crippen LogP contribution in [-0.2, 0) is 4.79 Å². The molecule has 19 heavy (non-hydrogen) atoms. The Kier molecular flexibility index (Phi) is 5.19. The van der Waals surface area contributed by atoms with Gasteiger partial charge in [0.05, 0.1) is 12.2 Å². The second kappa shape index (κ2) is 6.68. The van der Waals surface area contributed by atoms with E-state index in [9.17, 15) is 15.0 Å². The maximum atomic E-state index is 11.5. The predicted octanol–water partition coefficient (Wildman–Crippen LogP) is 0.0625. The summed E-state index contributed by atoms with van der Waals surface area (Å²) in [6.07, 6.45) is 2.86. The molecule has 0 aliphatic carbocycles. The zero-order chi connectivity index (χ0) is 13.8. The maximum absolute atomic E-state index is 11.5. The Bertz CT molecular complexity index is 301. The van der Waals surface area contributed by atoms with Gasteiger partial charge in [-0.25, -0.2) is 0 Å². The van der Waals surface area contributed by atoms with Crippen LogP contribution in [0.1, 0.15) is 32.6 Å². The van der Waals surface area contributed by atoms with Gasteiger partial charge in [0.2, 0.25) is 5.91 Å². The van der Waals surface area contributed by atoms with Crippen LogP contribution < -0.4 is 0 Å². The van der Waals surface area contributed by atoms with Crippen molar-refractivity contribution in [3.05, 3.63) is 0 Å². The molecule has 0 spiro atoms. The Hall–Kier alpha value is -0.650. The topological polar surface area (TPSA) is 64.0 Å². The van der Waals surface area contributed by atoms with Gasteiger partial charge in [0.25, 0.3) is 0 Å². The van der Waals surface area contributed by atoms with Crippen LogP contribution in [0.15, 0.2) is 0 Å². The highest BCUT2D eigenvalue weighted by molar-refractivity contribution is 5.78. The molecular weight excluding hydrogens is 244 g/mol. The van der Waals surface area contributed by atoms with Gasteiger partial charge in [0, 0.05) is 26.1 Å². The molecule has 1 amide bonds. The minimum Gasteiger partial charge on any atom is -0.393 e. The lowest BCUT2D eigenvalue weighted by molar-refractivity contribution is -0.129. The van der Waals surface area contributed by atoms with Crippen molar-refractivity contribution < 1.29 is 15.0 Å². The van der Waals surface area contributed by atoms with Crippen molar-refractivity contribution in [1.82, 2.24) is 9.80 Å². The zero-order valence-electron chi connectivity index (χ0n) is 11.8. The number of hydrogen-bond acceptors (Lipinski definition) is 4. The van der Waals surface area contributed by atoms with E-state index >= 15 is 0 Å². The van der Waals surface area contributed by atoms with Crippen LogP contribution in [0, 0.1) is 5.92 Å². The number of hydrogen-bond donors (Lipinski definition) is 2. The fourth-order valence-electron chi connectivity index (χ4n) is 3.13. The van der Waals surface area contributed by atoms with E-state index in [1.54, 1.807) is 4.90 Å². The first-order valence-electron chi connectivity index (χ1n) is 7.42. The van der Waals surface area contributed by atoms with Crippen molar-refractivity contribution in [1.29, 1.82) is 0 Å². The van der Waals surface area contributed by atoms with E-state index in [1.807, 2.05) is 6.92 Å². The molecule has 2 aliphatic rings. The molecular formula is C14H26N2O3. The van der Waals surface area contributed by atoms with Crippen LogP contribution in [0.25, 0.3) is 0 Å². The summed E-state index contributed by atoms with van der Waals surface area (Å²) in [5.74, 6) is 0.570. The summed E-state index contributed by atoms with van der Waals surface area (Å²) in [7, 11) is 0. The third kappa shape index (κ3) is 4.16.